The van der Waals surface area contributed by atoms with Crippen molar-refractivity contribution >= 4 is 34.9 Å². The van der Waals surface area contributed by atoms with Crippen LogP contribution < -0.4 is 15.5 Å². The van der Waals surface area contributed by atoms with E-state index in [0.717, 1.165) is 67.7 Å². The largest absolute Gasteiger partial charge is 0.341 e. The van der Waals surface area contributed by atoms with Gasteiger partial charge in [-0.05, 0) is 61.3 Å². The number of carbonyl (C=O) groups is 2. The van der Waals surface area contributed by atoms with E-state index >= 15 is 0 Å². The zero-order chi connectivity index (χ0) is 23.3. The number of piperidine rings is 1. The van der Waals surface area contributed by atoms with Gasteiger partial charge < -0.3 is 10.2 Å². The highest BCUT2D eigenvalue weighted by atomic mass is 32.2. The molecule has 11 heteroatoms. The average molecular weight is 477 g/mol. The first-order valence-corrected chi connectivity index (χ1v) is 11.9. The zero-order valence-corrected chi connectivity index (χ0v) is 19.2. The van der Waals surface area contributed by atoms with Crippen molar-refractivity contribution in [1.29, 1.82) is 0 Å². The number of amides is 2. The summed E-state index contributed by atoms with van der Waals surface area (Å²) >= 11 is 0.888. The molecule has 5 heterocycles. The first-order valence-electron chi connectivity index (χ1n) is 11.1. The molecule has 3 aromatic rings. The number of carbonyl (C=O) groups excluding carboxylic acids is 2. The SMILES string of the molecule is O=C1NC(=O)/C(=C/c2ccnc(N3CCC(CNCc4cccc(-c5cn[nH]c5)n4)CC3)n2)S1. The van der Waals surface area contributed by atoms with Crippen LogP contribution in [0.1, 0.15) is 24.2 Å². The van der Waals surface area contributed by atoms with Gasteiger partial charge >= 0.3 is 0 Å². The highest BCUT2D eigenvalue weighted by Crippen LogP contribution is 2.26. The Hall–Kier alpha value is -3.57. The number of thioether (sulfide) groups is 1. The summed E-state index contributed by atoms with van der Waals surface area (Å²) < 4.78 is 0. The van der Waals surface area contributed by atoms with Crippen molar-refractivity contribution in [2.45, 2.75) is 19.4 Å². The summed E-state index contributed by atoms with van der Waals surface area (Å²) in [5.74, 6) is 0.839. The lowest BCUT2D eigenvalue weighted by atomic mass is 9.97. The number of hydrogen-bond donors (Lipinski definition) is 3. The fourth-order valence-electron chi connectivity index (χ4n) is 4.02. The van der Waals surface area contributed by atoms with Crippen LogP contribution in [0.4, 0.5) is 10.7 Å². The van der Waals surface area contributed by atoms with E-state index in [1.54, 1.807) is 24.5 Å². The third kappa shape index (κ3) is 5.32. The van der Waals surface area contributed by atoms with Gasteiger partial charge in [0.15, 0.2) is 0 Å². The molecule has 5 rings (SSSR count). The lowest BCUT2D eigenvalue weighted by molar-refractivity contribution is -0.115. The van der Waals surface area contributed by atoms with Crippen LogP contribution in [0.25, 0.3) is 17.3 Å². The molecule has 0 bridgehead atoms. The second-order valence-electron chi connectivity index (χ2n) is 8.20. The molecule has 0 radical (unpaired) electrons. The zero-order valence-electron chi connectivity index (χ0n) is 18.4. The summed E-state index contributed by atoms with van der Waals surface area (Å²) in [4.78, 5) is 39.3. The summed E-state index contributed by atoms with van der Waals surface area (Å²) in [6.45, 7) is 3.39. The van der Waals surface area contributed by atoms with Crippen molar-refractivity contribution in [2.75, 3.05) is 24.5 Å². The molecule has 2 amide bonds. The topological polar surface area (TPSA) is 129 Å². The number of H-pyrrole nitrogens is 1. The Kier molecular flexibility index (Phi) is 6.63. The normalized spacial score (nSPS) is 18.0. The molecule has 0 aromatic carbocycles. The highest BCUT2D eigenvalue weighted by Gasteiger charge is 2.25. The Bertz CT molecular complexity index is 1210. The smallest absolute Gasteiger partial charge is 0.290 e. The second-order valence-corrected chi connectivity index (χ2v) is 9.21. The molecule has 174 valence electrons. The van der Waals surface area contributed by atoms with Crippen LogP contribution in [-0.4, -0.2) is 55.9 Å². The second kappa shape index (κ2) is 10.1. The Labute approximate surface area is 200 Å². The van der Waals surface area contributed by atoms with Crippen molar-refractivity contribution in [3.8, 4) is 11.3 Å². The van der Waals surface area contributed by atoms with Gasteiger partial charge in [-0.2, -0.15) is 5.10 Å². The number of hydrogen-bond acceptors (Lipinski definition) is 9. The van der Waals surface area contributed by atoms with E-state index in [4.69, 9.17) is 4.98 Å². The quantitative estimate of drug-likeness (QED) is 0.441. The lowest BCUT2D eigenvalue weighted by Crippen LogP contribution is -2.38. The Morgan fingerprint density at radius 1 is 1.18 bits per heavy atom. The van der Waals surface area contributed by atoms with Crippen LogP contribution in [0.2, 0.25) is 0 Å². The lowest BCUT2D eigenvalue weighted by Gasteiger charge is -2.32. The Balaban J connectivity index is 1.11. The average Bonchev–Trinajstić information content (AvgIpc) is 3.50. The van der Waals surface area contributed by atoms with E-state index in [1.165, 1.54) is 0 Å². The Morgan fingerprint density at radius 3 is 2.82 bits per heavy atom. The summed E-state index contributed by atoms with van der Waals surface area (Å²) in [6, 6.07) is 7.77. The Morgan fingerprint density at radius 2 is 2.06 bits per heavy atom. The molecule has 0 unspecified atom stereocenters. The van der Waals surface area contributed by atoms with Crippen LogP contribution in [0.3, 0.4) is 0 Å². The number of imide groups is 1. The maximum Gasteiger partial charge on any atom is 0.290 e. The van der Waals surface area contributed by atoms with Crippen LogP contribution in [0.5, 0.6) is 0 Å². The van der Waals surface area contributed by atoms with Gasteiger partial charge in [-0.1, -0.05) is 6.07 Å². The molecule has 2 aliphatic heterocycles. The van der Waals surface area contributed by atoms with Gasteiger partial charge in [-0.15, -0.1) is 0 Å². The third-order valence-electron chi connectivity index (χ3n) is 5.82. The van der Waals surface area contributed by atoms with Gasteiger partial charge in [0.2, 0.25) is 5.95 Å². The molecular formula is C23H24N8O2S. The molecule has 2 saturated heterocycles. The van der Waals surface area contributed by atoms with E-state index < -0.39 is 0 Å². The molecule has 10 nitrogen and oxygen atoms in total. The minimum Gasteiger partial charge on any atom is -0.341 e. The molecule has 34 heavy (non-hydrogen) atoms. The predicted octanol–water partition coefficient (Wildman–Crippen LogP) is 2.59. The maximum absolute atomic E-state index is 11.8. The standard InChI is InChI=1S/C23H24N8O2S/c32-21-20(34-23(33)30-21)10-17-4-7-25-22(29-17)31-8-5-15(6-9-31)11-24-14-18-2-1-3-19(28-18)16-12-26-27-13-16/h1-4,7,10,12-13,15,24H,5-6,8-9,11,14H2,(H,26,27)(H,30,32,33)/b20-10-. The minimum atomic E-state index is -0.383. The number of nitrogens with one attached hydrogen (secondary N) is 3. The van der Waals surface area contributed by atoms with Gasteiger partial charge in [0.1, 0.15) is 0 Å². The van der Waals surface area contributed by atoms with Crippen molar-refractivity contribution in [1.82, 2.24) is 35.8 Å². The fourth-order valence-corrected chi connectivity index (χ4v) is 4.69. The van der Waals surface area contributed by atoms with Crippen LogP contribution in [-0.2, 0) is 11.3 Å². The number of nitrogens with zero attached hydrogens (tertiary/aromatic N) is 5. The first-order chi connectivity index (χ1) is 16.6. The molecular weight excluding hydrogens is 452 g/mol. The number of pyridine rings is 1. The fraction of sp³-hybridized carbons (Fsp3) is 0.304. The molecule has 0 spiro atoms. The van der Waals surface area contributed by atoms with Crippen molar-refractivity contribution in [3.05, 3.63) is 59.1 Å². The van der Waals surface area contributed by atoms with Crippen LogP contribution in [0, 0.1) is 5.92 Å². The summed E-state index contributed by atoms with van der Waals surface area (Å²) in [5, 5.41) is 12.2. The molecule has 2 fully saturated rings. The number of aromatic nitrogens is 5. The van der Waals surface area contributed by atoms with Gasteiger partial charge in [0.25, 0.3) is 11.1 Å². The molecule has 2 aliphatic rings. The third-order valence-corrected chi connectivity index (χ3v) is 6.63. The van der Waals surface area contributed by atoms with E-state index in [2.05, 4.69) is 35.7 Å². The van der Waals surface area contributed by atoms with Gasteiger partial charge in [0.05, 0.1) is 28.2 Å². The van der Waals surface area contributed by atoms with E-state index in [-0.39, 0.29) is 11.1 Å². The van der Waals surface area contributed by atoms with Crippen LogP contribution in [0.15, 0.2) is 47.8 Å². The van der Waals surface area contributed by atoms with Crippen molar-refractivity contribution in [2.24, 2.45) is 5.92 Å². The van der Waals surface area contributed by atoms with Crippen LogP contribution >= 0.6 is 11.8 Å². The first kappa shape index (κ1) is 22.2. The molecule has 3 aromatic heterocycles. The van der Waals surface area contributed by atoms with E-state index in [9.17, 15) is 9.59 Å². The highest BCUT2D eigenvalue weighted by molar-refractivity contribution is 8.18. The van der Waals surface area contributed by atoms with Gasteiger partial charge in [-0.25, -0.2) is 9.97 Å². The van der Waals surface area contributed by atoms with Crippen molar-refractivity contribution < 1.29 is 9.59 Å². The molecule has 0 atom stereocenters. The molecule has 3 N–H and O–H groups in total. The van der Waals surface area contributed by atoms with Crippen molar-refractivity contribution in [3.63, 3.8) is 0 Å². The molecule has 0 saturated carbocycles. The van der Waals surface area contributed by atoms with E-state index in [1.807, 2.05) is 24.4 Å². The summed E-state index contributed by atoms with van der Waals surface area (Å²) in [6.07, 6.45) is 9.01. The van der Waals surface area contributed by atoms with Gasteiger partial charge in [-0.3, -0.25) is 25.0 Å². The predicted molar refractivity (Wildman–Crippen MR) is 130 cm³/mol. The van der Waals surface area contributed by atoms with Gasteiger partial charge in [0, 0.05) is 37.6 Å². The number of anilines is 1. The summed E-state index contributed by atoms with van der Waals surface area (Å²) in [5.41, 5.74) is 3.52. The number of aromatic amines is 1. The minimum absolute atomic E-state index is 0.351. The maximum atomic E-state index is 11.8. The number of rotatable bonds is 7. The van der Waals surface area contributed by atoms with E-state index in [0.29, 0.717) is 22.5 Å². The monoisotopic (exact) mass is 476 g/mol. The summed E-state index contributed by atoms with van der Waals surface area (Å²) in [7, 11) is 0. The molecule has 0 aliphatic carbocycles.